The highest BCUT2D eigenvalue weighted by Crippen LogP contribution is 2.25. The minimum absolute atomic E-state index is 0.0454. The molecule has 0 atom stereocenters. The number of amides is 1. The Hall–Kier alpha value is -2.44. The summed E-state index contributed by atoms with van der Waals surface area (Å²) in [5.74, 6) is 0.398. The Morgan fingerprint density at radius 3 is 2.87 bits per heavy atom. The summed E-state index contributed by atoms with van der Waals surface area (Å²) in [5.41, 5.74) is 3.51. The molecule has 0 unspecified atom stereocenters. The summed E-state index contributed by atoms with van der Waals surface area (Å²) in [6, 6.07) is 11.5. The summed E-state index contributed by atoms with van der Waals surface area (Å²) >= 11 is 1.47. The zero-order chi connectivity index (χ0) is 16.2. The molecule has 1 amide bonds. The molecule has 0 saturated heterocycles. The number of hydrogen-bond donors (Lipinski definition) is 2. The zero-order valence-electron chi connectivity index (χ0n) is 12.7. The molecule has 1 aromatic carbocycles. The number of aliphatic hydroxyl groups is 1. The lowest BCUT2D eigenvalue weighted by Crippen LogP contribution is -2.16. The first-order valence-corrected chi connectivity index (χ1v) is 8.21. The molecule has 0 radical (unpaired) electrons. The van der Waals surface area contributed by atoms with Gasteiger partial charge in [0.1, 0.15) is 5.82 Å². The van der Waals surface area contributed by atoms with Crippen LogP contribution in [0.3, 0.4) is 0 Å². The Morgan fingerprint density at radius 1 is 1.35 bits per heavy atom. The SMILES string of the molecule is Cc1ccccc1-c1cc(NC(=O)c2ccsc2)n(CCO)n1. The summed E-state index contributed by atoms with van der Waals surface area (Å²) in [4.78, 5) is 12.2. The van der Waals surface area contributed by atoms with E-state index in [2.05, 4.69) is 10.4 Å². The molecule has 0 spiro atoms. The zero-order valence-corrected chi connectivity index (χ0v) is 13.5. The Kier molecular flexibility index (Phi) is 4.55. The van der Waals surface area contributed by atoms with Crippen molar-refractivity contribution in [1.29, 1.82) is 0 Å². The Balaban J connectivity index is 1.93. The van der Waals surface area contributed by atoms with Crippen molar-refractivity contribution in [3.05, 3.63) is 58.3 Å². The largest absolute Gasteiger partial charge is 0.394 e. The van der Waals surface area contributed by atoms with Crippen LogP contribution in [0.5, 0.6) is 0 Å². The molecule has 0 saturated carbocycles. The predicted molar refractivity (Wildman–Crippen MR) is 91.8 cm³/mol. The first-order chi connectivity index (χ1) is 11.2. The molecule has 0 aliphatic rings. The molecule has 5 nitrogen and oxygen atoms in total. The van der Waals surface area contributed by atoms with Crippen LogP contribution in [0.4, 0.5) is 5.82 Å². The van der Waals surface area contributed by atoms with Crippen LogP contribution in [0, 0.1) is 6.92 Å². The molecule has 0 fully saturated rings. The molecule has 0 aliphatic carbocycles. The standard InChI is InChI=1S/C17H17N3O2S/c1-12-4-2-3-5-14(12)15-10-16(20(19-15)7-8-21)18-17(22)13-6-9-23-11-13/h2-6,9-11,21H,7-8H2,1H3,(H,18,22). The number of aryl methyl sites for hydroxylation is 1. The lowest BCUT2D eigenvalue weighted by Gasteiger charge is -2.06. The van der Waals surface area contributed by atoms with Crippen molar-refractivity contribution in [3.8, 4) is 11.3 Å². The maximum atomic E-state index is 12.2. The Bertz CT molecular complexity index is 809. The van der Waals surface area contributed by atoms with Crippen LogP contribution in [-0.2, 0) is 6.54 Å². The number of rotatable bonds is 5. The van der Waals surface area contributed by atoms with Gasteiger partial charge in [-0.1, -0.05) is 24.3 Å². The molecule has 0 bridgehead atoms. The molecular formula is C17H17N3O2S. The van der Waals surface area contributed by atoms with Gasteiger partial charge in [-0.2, -0.15) is 16.4 Å². The monoisotopic (exact) mass is 327 g/mol. The first-order valence-electron chi connectivity index (χ1n) is 7.27. The van der Waals surface area contributed by atoms with Crippen molar-refractivity contribution in [2.45, 2.75) is 13.5 Å². The van der Waals surface area contributed by atoms with Crippen LogP contribution < -0.4 is 5.32 Å². The van der Waals surface area contributed by atoms with Gasteiger partial charge in [-0.25, -0.2) is 4.68 Å². The predicted octanol–water partition coefficient (Wildman–Crippen LogP) is 3.16. The fourth-order valence-corrected chi connectivity index (χ4v) is 2.99. The highest BCUT2D eigenvalue weighted by Gasteiger charge is 2.14. The van der Waals surface area contributed by atoms with Crippen LogP contribution in [-0.4, -0.2) is 27.4 Å². The maximum Gasteiger partial charge on any atom is 0.257 e. The maximum absolute atomic E-state index is 12.2. The highest BCUT2D eigenvalue weighted by atomic mass is 32.1. The fraction of sp³-hybridized carbons (Fsp3) is 0.176. The third kappa shape index (κ3) is 3.33. The molecule has 118 valence electrons. The van der Waals surface area contributed by atoms with E-state index in [9.17, 15) is 9.90 Å². The number of anilines is 1. The van der Waals surface area contributed by atoms with Crippen molar-refractivity contribution in [1.82, 2.24) is 9.78 Å². The van der Waals surface area contributed by atoms with E-state index >= 15 is 0 Å². The summed E-state index contributed by atoms with van der Waals surface area (Å²) in [6.45, 7) is 2.30. The summed E-state index contributed by atoms with van der Waals surface area (Å²) in [7, 11) is 0. The highest BCUT2D eigenvalue weighted by molar-refractivity contribution is 7.08. The smallest absolute Gasteiger partial charge is 0.257 e. The number of thiophene rings is 1. The van der Waals surface area contributed by atoms with E-state index in [1.807, 2.05) is 42.6 Å². The molecule has 3 aromatic rings. The Morgan fingerprint density at radius 2 is 2.17 bits per heavy atom. The van der Waals surface area contributed by atoms with Crippen molar-refractivity contribution in [2.75, 3.05) is 11.9 Å². The average Bonchev–Trinajstić information content (AvgIpc) is 3.19. The van der Waals surface area contributed by atoms with Gasteiger partial charge in [0.2, 0.25) is 0 Å². The van der Waals surface area contributed by atoms with Gasteiger partial charge in [0, 0.05) is 17.0 Å². The summed E-state index contributed by atoms with van der Waals surface area (Å²) in [5, 5.41) is 20.3. The van der Waals surface area contributed by atoms with Crippen LogP contribution in [0.2, 0.25) is 0 Å². The average molecular weight is 327 g/mol. The summed E-state index contributed by atoms with van der Waals surface area (Å²) in [6.07, 6.45) is 0. The normalized spacial score (nSPS) is 10.7. The fourth-order valence-electron chi connectivity index (χ4n) is 2.36. The van der Waals surface area contributed by atoms with Crippen molar-refractivity contribution >= 4 is 23.1 Å². The van der Waals surface area contributed by atoms with Gasteiger partial charge in [-0.05, 0) is 23.9 Å². The van der Waals surface area contributed by atoms with Gasteiger partial charge in [-0.15, -0.1) is 0 Å². The van der Waals surface area contributed by atoms with Crippen LogP contribution in [0.1, 0.15) is 15.9 Å². The molecule has 0 aliphatic heterocycles. The number of nitrogens with zero attached hydrogens (tertiary/aromatic N) is 2. The topological polar surface area (TPSA) is 67.2 Å². The number of aliphatic hydroxyl groups excluding tert-OH is 1. The molecule has 2 N–H and O–H groups in total. The van der Waals surface area contributed by atoms with Crippen molar-refractivity contribution in [2.24, 2.45) is 0 Å². The van der Waals surface area contributed by atoms with Crippen molar-refractivity contribution < 1.29 is 9.90 Å². The van der Waals surface area contributed by atoms with Gasteiger partial charge in [-0.3, -0.25) is 4.79 Å². The minimum Gasteiger partial charge on any atom is -0.394 e. The van der Waals surface area contributed by atoms with Crippen LogP contribution in [0.15, 0.2) is 47.2 Å². The lowest BCUT2D eigenvalue weighted by molar-refractivity contribution is 0.102. The molecular weight excluding hydrogens is 310 g/mol. The van der Waals surface area contributed by atoms with E-state index in [1.165, 1.54) is 11.3 Å². The molecule has 2 aromatic heterocycles. The summed E-state index contributed by atoms with van der Waals surface area (Å²) < 4.78 is 1.62. The Labute approximate surface area is 138 Å². The van der Waals surface area contributed by atoms with Gasteiger partial charge in [0.05, 0.1) is 24.4 Å². The van der Waals surface area contributed by atoms with E-state index in [4.69, 9.17) is 0 Å². The molecule has 3 rings (SSSR count). The number of benzene rings is 1. The van der Waals surface area contributed by atoms with E-state index in [1.54, 1.807) is 16.1 Å². The van der Waals surface area contributed by atoms with Gasteiger partial charge >= 0.3 is 0 Å². The van der Waals surface area contributed by atoms with E-state index in [-0.39, 0.29) is 12.5 Å². The molecule has 6 heteroatoms. The second-order valence-corrected chi connectivity index (χ2v) is 5.92. The van der Waals surface area contributed by atoms with E-state index in [0.29, 0.717) is 17.9 Å². The van der Waals surface area contributed by atoms with Crippen molar-refractivity contribution in [3.63, 3.8) is 0 Å². The van der Waals surface area contributed by atoms with Crippen LogP contribution in [0.25, 0.3) is 11.3 Å². The molecule has 2 heterocycles. The second-order valence-electron chi connectivity index (χ2n) is 5.14. The molecule has 23 heavy (non-hydrogen) atoms. The lowest BCUT2D eigenvalue weighted by atomic mass is 10.1. The van der Waals surface area contributed by atoms with E-state index in [0.717, 1.165) is 16.8 Å². The number of hydrogen-bond acceptors (Lipinski definition) is 4. The number of aromatic nitrogens is 2. The first kappa shape index (κ1) is 15.5. The second kappa shape index (κ2) is 6.76. The third-order valence-electron chi connectivity index (χ3n) is 3.54. The van der Waals surface area contributed by atoms with Gasteiger partial charge < -0.3 is 10.4 Å². The van der Waals surface area contributed by atoms with E-state index < -0.39 is 0 Å². The number of nitrogens with one attached hydrogen (secondary N) is 1. The number of carbonyl (C=O) groups is 1. The number of carbonyl (C=O) groups excluding carboxylic acids is 1. The van der Waals surface area contributed by atoms with Gasteiger partial charge in [0.15, 0.2) is 0 Å². The third-order valence-corrected chi connectivity index (χ3v) is 4.22. The van der Waals surface area contributed by atoms with Crippen LogP contribution >= 0.6 is 11.3 Å². The quantitative estimate of drug-likeness (QED) is 0.756. The van der Waals surface area contributed by atoms with Gasteiger partial charge in [0.25, 0.3) is 5.91 Å². The minimum atomic E-state index is -0.179.